The first kappa shape index (κ1) is 15.2. The van der Waals surface area contributed by atoms with Crippen molar-refractivity contribution in [2.24, 2.45) is 0 Å². The van der Waals surface area contributed by atoms with E-state index >= 15 is 0 Å². The van der Waals surface area contributed by atoms with Gasteiger partial charge in [-0.15, -0.1) is 0 Å². The predicted octanol–water partition coefficient (Wildman–Crippen LogP) is 0.0679. The molecule has 0 saturated carbocycles. The van der Waals surface area contributed by atoms with Gasteiger partial charge in [0.15, 0.2) is 9.84 Å². The van der Waals surface area contributed by atoms with Gasteiger partial charge in [-0.3, -0.25) is 14.9 Å². The zero-order valence-corrected chi connectivity index (χ0v) is 11.7. The maximum absolute atomic E-state index is 11.7. The van der Waals surface area contributed by atoms with Crippen LogP contribution in [0.15, 0.2) is 18.3 Å². The van der Waals surface area contributed by atoms with Crippen LogP contribution in [0.3, 0.4) is 0 Å². The molecule has 1 aromatic rings. The van der Waals surface area contributed by atoms with Crippen LogP contribution in [-0.2, 0) is 14.6 Å². The van der Waals surface area contributed by atoms with Crippen LogP contribution in [0.5, 0.6) is 0 Å². The molecule has 1 unspecified atom stereocenters. The molecule has 10 heteroatoms. The van der Waals surface area contributed by atoms with E-state index in [0.29, 0.717) is 0 Å². The Hall–Kier alpha value is -2.23. The number of pyridine rings is 1. The molecule has 2 rings (SSSR count). The van der Waals surface area contributed by atoms with Gasteiger partial charge in [-0.2, -0.15) is 0 Å². The van der Waals surface area contributed by atoms with Crippen molar-refractivity contribution in [1.29, 1.82) is 0 Å². The summed E-state index contributed by atoms with van der Waals surface area (Å²) in [6.45, 7) is -0.0157. The fourth-order valence-corrected chi connectivity index (χ4v) is 3.81. The van der Waals surface area contributed by atoms with Gasteiger partial charge in [0.25, 0.3) is 0 Å². The molecule has 21 heavy (non-hydrogen) atoms. The highest BCUT2D eigenvalue weighted by Gasteiger charge is 2.36. The van der Waals surface area contributed by atoms with Gasteiger partial charge in [0.2, 0.25) is 5.82 Å². The average molecular weight is 315 g/mol. The highest BCUT2D eigenvalue weighted by atomic mass is 32.2. The van der Waals surface area contributed by atoms with E-state index in [9.17, 15) is 23.3 Å². The maximum atomic E-state index is 11.7. The van der Waals surface area contributed by atoms with Crippen molar-refractivity contribution in [2.75, 3.05) is 23.0 Å². The molecule has 0 spiro atoms. The van der Waals surface area contributed by atoms with Crippen molar-refractivity contribution in [1.82, 2.24) is 4.98 Å². The molecule has 1 aromatic heterocycles. The molecule has 114 valence electrons. The second kappa shape index (κ2) is 5.64. The molecule has 9 nitrogen and oxygen atoms in total. The monoisotopic (exact) mass is 315 g/mol. The number of aliphatic carboxylic acids is 1. The number of rotatable bonds is 4. The Bertz CT molecular complexity index is 674. The fourth-order valence-electron chi connectivity index (χ4n) is 2.29. The van der Waals surface area contributed by atoms with Crippen molar-refractivity contribution in [3.63, 3.8) is 0 Å². The molecule has 0 aromatic carbocycles. The third-order valence-corrected chi connectivity index (χ3v) is 4.87. The molecule has 1 aliphatic rings. The minimum atomic E-state index is -3.35. The summed E-state index contributed by atoms with van der Waals surface area (Å²) in [6, 6.07) is 1.78. The third kappa shape index (κ3) is 3.45. The molecular weight excluding hydrogens is 302 g/mol. The van der Waals surface area contributed by atoms with Gasteiger partial charge in [0.1, 0.15) is 0 Å². The van der Waals surface area contributed by atoms with Crippen molar-refractivity contribution in [3.8, 4) is 0 Å². The fraction of sp³-hybridized carbons (Fsp3) is 0.455. The van der Waals surface area contributed by atoms with E-state index in [1.807, 2.05) is 0 Å². The van der Waals surface area contributed by atoms with Crippen LogP contribution >= 0.6 is 0 Å². The molecule has 1 saturated heterocycles. The van der Waals surface area contributed by atoms with E-state index in [0.717, 1.165) is 0 Å². The first-order valence-corrected chi connectivity index (χ1v) is 7.90. The van der Waals surface area contributed by atoms with Gasteiger partial charge in [0, 0.05) is 18.8 Å². The van der Waals surface area contributed by atoms with Crippen LogP contribution in [0.1, 0.15) is 6.42 Å². The smallest absolute Gasteiger partial charge is 0.311 e. The Morgan fingerprint density at radius 3 is 2.90 bits per heavy atom. The number of carboxylic acid groups (broad SMARTS) is 1. The lowest BCUT2D eigenvalue weighted by molar-refractivity contribution is -0.384. The molecule has 1 atom stereocenters. The van der Waals surface area contributed by atoms with E-state index in [1.54, 1.807) is 0 Å². The average Bonchev–Trinajstić information content (AvgIpc) is 2.37. The van der Waals surface area contributed by atoms with E-state index in [2.05, 4.69) is 4.98 Å². The molecule has 0 bridgehead atoms. The molecule has 0 aliphatic carbocycles. The summed E-state index contributed by atoms with van der Waals surface area (Å²) in [5.41, 5.74) is -0.271. The first-order chi connectivity index (χ1) is 9.80. The second-order valence-electron chi connectivity index (χ2n) is 4.66. The van der Waals surface area contributed by atoms with Crippen LogP contribution in [0, 0.1) is 10.1 Å². The molecule has 1 N–H and O–H groups in total. The van der Waals surface area contributed by atoms with Gasteiger partial charge in [-0.25, -0.2) is 13.4 Å². The predicted molar refractivity (Wildman–Crippen MR) is 72.9 cm³/mol. The second-order valence-corrected chi connectivity index (χ2v) is 6.89. The van der Waals surface area contributed by atoms with E-state index in [4.69, 9.17) is 5.11 Å². The van der Waals surface area contributed by atoms with Crippen LogP contribution in [0.2, 0.25) is 0 Å². The summed E-state index contributed by atoms with van der Waals surface area (Å²) < 4.78 is 23.3. The Labute approximate surface area is 120 Å². The topological polar surface area (TPSA) is 131 Å². The molecule has 1 aliphatic heterocycles. The Kier molecular flexibility index (Phi) is 4.07. The normalized spacial score (nSPS) is 21.0. The number of aromatic nitrogens is 1. The SMILES string of the molecule is O=C(O)CC1CS(=O)(=O)CCN1c1ncccc1[N+](=O)[O-]. The zero-order chi connectivity index (χ0) is 15.6. The minimum absolute atomic E-state index is 0.00338. The highest BCUT2D eigenvalue weighted by Crippen LogP contribution is 2.29. The lowest BCUT2D eigenvalue weighted by Gasteiger charge is -2.35. The van der Waals surface area contributed by atoms with E-state index in [1.165, 1.54) is 23.2 Å². The van der Waals surface area contributed by atoms with Crippen molar-refractivity contribution in [2.45, 2.75) is 12.5 Å². The van der Waals surface area contributed by atoms with Crippen molar-refractivity contribution in [3.05, 3.63) is 28.4 Å². The van der Waals surface area contributed by atoms with Gasteiger partial charge < -0.3 is 10.0 Å². The number of nitro groups is 1. The minimum Gasteiger partial charge on any atom is -0.481 e. The van der Waals surface area contributed by atoms with Crippen LogP contribution in [0.4, 0.5) is 11.5 Å². The van der Waals surface area contributed by atoms with Gasteiger partial charge in [-0.05, 0) is 6.07 Å². The third-order valence-electron chi connectivity index (χ3n) is 3.18. The molecule has 0 radical (unpaired) electrons. The summed E-state index contributed by atoms with van der Waals surface area (Å²) >= 11 is 0. The summed E-state index contributed by atoms with van der Waals surface area (Å²) in [6.07, 6.45) is 0.927. The highest BCUT2D eigenvalue weighted by molar-refractivity contribution is 7.91. The van der Waals surface area contributed by atoms with Gasteiger partial charge in [-0.1, -0.05) is 0 Å². The Morgan fingerprint density at radius 2 is 2.29 bits per heavy atom. The molecular formula is C11H13N3O6S. The first-order valence-electron chi connectivity index (χ1n) is 6.08. The zero-order valence-electron chi connectivity index (χ0n) is 10.9. The number of hydrogen-bond acceptors (Lipinski definition) is 7. The Balaban J connectivity index is 2.41. The maximum Gasteiger partial charge on any atom is 0.311 e. The van der Waals surface area contributed by atoms with Gasteiger partial charge >= 0.3 is 11.7 Å². The van der Waals surface area contributed by atoms with E-state index in [-0.39, 0.29) is 29.6 Å². The molecule has 2 heterocycles. The molecule has 0 amide bonds. The number of anilines is 1. The standard InChI is InChI=1S/C11H13N3O6S/c15-10(16)6-8-7-21(19,20)5-4-13(8)11-9(14(17)18)2-1-3-12-11/h1-3,8H,4-7H2,(H,15,16). The van der Waals surface area contributed by atoms with Gasteiger partial charge in [0.05, 0.1) is 28.9 Å². The summed E-state index contributed by atoms with van der Waals surface area (Å²) in [5, 5.41) is 19.9. The lowest BCUT2D eigenvalue weighted by atomic mass is 10.2. The molecule has 1 fully saturated rings. The van der Waals surface area contributed by atoms with Crippen molar-refractivity contribution >= 4 is 27.3 Å². The quantitative estimate of drug-likeness (QED) is 0.610. The summed E-state index contributed by atoms with van der Waals surface area (Å²) in [5.74, 6) is -1.70. The lowest BCUT2D eigenvalue weighted by Crippen LogP contribution is -2.50. The number of sulfone groups is 1. The van der Waals surface area contributed by atoms with Crippen LogP contribution in [-0.4, -0.2) is 53.5 Å². The largest absolute Gasteiger partial charge is 0.481 e. The number of carboxylic acids is 1. The number of hydrogen-bond donors (Lipinski definition) is 1. The van der Waals surface area contributed by atoms with E-state index < -0.39 is 33.2 Å². The van der Waals surface area contributed by atoms with Crippen LogP contribution in [0.25, 0.3) is 0 Å². The summed E-state index contributed by atoms with van der Waals surface area (Å²) in [4.78, 5) is 26.6. The summed E-state index contributed by atoms with van der Waals surface area (Å²) in [7, 11) is -3.35. The number of carbonyl (C=O) groups is 1. The number of nitrogens with zero attached hydrogens (tertiary/aromatic N) is 3. The Morgan fingerprint density at radius 1 is 1.57 bits per heavy atom. The van der Waals surface area contributed by atoms with Crippen molar-refractivity contribution < 1.29 is 23.2 Å². The van der Waals surface area contributed by atoms with Crippen LogP contribution < -0.4 is 4.90 Å².